The molecule has 3 heteroatoms. The molecule has 0 radical (unpaired) electrons. The summed E-state index contributed by atoms with van der Waals surface area (Å²) in [6.07, 6.45) is 6.73. The number of aldehydes is 1. The Bertz CT molecular complexity index is 196. The Morgan fingerprint density at radius 1 is 1.55 bits per heavy atom. The van der Waals surface area contributed by atoms with E-state index < -0.39 is 0 Å². The Kier molecular flexibility index (Phi) is 3.83. The third-order valence-electron chi connectivity index (χ3n) is 1.48. The first-order chi connectivity index (χ1) is 5.43. The van der Waals surface area contributed by atoms with Crippen LogP contribution in [0.3, 0.4) is 0 Å². The fourth-order valence-electron chi connectivity index (χ4n) is 0.892. The number of rotatable bonds is 5. The SMILES string of the molecule is O=CCCCCc1cncs1. The van der Waals surface area contributed by atoms with Crippen LogP contribution in [0.25, 0.3) is 0 Å². The molecule has 1 aromatic rings. The van der Waals surface area contributed by atoms with Crippen LogP contribution in [0.15, 0.2) is 11.7 Å². The average molecular weight is 169 g/mol. The third kappa shape index (κ3) is 3.28. The molecule has 0 unspecified atom stereocenters. The molecule has 0 aromatic carbocycles. The summed E-state index contributed by atoms with van der Waals surface area (Å²) in [7, 11) is 0. The van der Waals surface area contributed by atoms with Gasteiger partial charge in [0.05, 0.1) is 5.51 Å². The molecule has 0 amide bonds. The number of thiazole rings is 1. The number of aryl methyl sites for hydroxylation is 1. The molecule has 0 aliphatic carbocycles. The first-order valence-corrected chi connectivity index (χ1v) is 4.62. The third-order valence-corrected chi connectivity index (χ3v) is 2.32. The molecule has 1 aromatic heterocycles. The lowest BCUT2D eigenvalue weighted by molar-refractivity contribution is -0.107. The zero-order valence-corrected chi connectivity index (χ0v) is 7.14. The van der Waals surface area contributed by atoms with Crippen molar-refractivity contribution in [3.8, 4) is 0 Å². The van der Waals surface area contributed by atoms with Crippen molar-refractivity contribution in [3.63, 3.8) is 0 Å². The Balaban J connectivity index is 2.09. The molecule has 11 heavy (non-hydrogen) atoms. The number of hydrogen-bond acceptors (Lipinski definition) is 3. The van der Waals surface area contributed by atoms with Gasteiger partial charge in [-0.15, -0.1) is 11.3 Å². The van der Waals surface area contributed by atoms with E-state index in [1.54, 1.807) is 11.3 Å². The second kappa shape index (κ2) is 5.02. The topological polar surface area (TPSA) is 30.0 Å². The van der Waals surface area contributed by atoms with E-state index in [1.807, 2.05) is 11.7 Å². The number of unbranched alkanes of at least 4 members (excludes halogenated alkanes) is 2. The Hall–Kier alpha value is -0.700. The summed E-state index contributed by atoms with van der Waals surface area (Å²) in [5, 5.41) is 0. The van der Waals surface area contributed by atoms with Crippen molar-refractivity contribution >= 4 is 17.6 Å². The Morgan fingerprint density at radius 3 is 3.09 bits per heavy atom. The summed E-state index contributed by atoms with van der Waals surface area (Å²) in [4.78, 5) is 15.2. The number of carbonyl (C=O) groups excluding carboxylic acids is 1. The predicted molar refractivity (Wildman–Crippen MR) is 45.7 cm³/mol. The molecule has 0 spiro atoms. The van der Waals surface area contributed by atoms with E-state index in [2.05, 4.69) is 4.98 Å². The Morgan fingerprint density at radius 2 is 2.45 bits per heavy atom. The van der Waals surface area contributed by atoms with Gasteiger partial charge in [0.15, 0.2) is 0 Å². The highest BCUT2D eigenvalue weighted by Gasteiger charge is 1.93. The molecule has 0 N–H and O–H groups in total. The van der Waals surface area contributed by atoms with E-state index in [-0.39, 0.29) is 0 Å². The van der Waals surface area contributed by atoms with Crippen LogP contribution >= 0.6 is 11.3 Å². The lowest BCUT2D eigenvalue weighted by atomic mass is 10.2. The van der Waals surface area contributed by atoms with Gasteiger partial charge in [-0.2, -0.15) is 0 Å². The molecule has 0 bridgehead atoms. The molecule has 60 valence electrons. The van der Waals surface area contributed by atoms with Gasteiger partial charge < -0.3 is 4.79 Å². The minimum absolute atomic E-state index is 0.693. The molecule has 0 aliphatic heterocycles. The van der Waals surface area contributed by atoms with E-state index >= 15 is 0 Å². The maximum atomic E-state index is 9.96. The maximum absolute atomic E-state index is 9.96. The van der Waals surface area contributed by atoms with Gasteiger partial charge in [-0.25, -0.2) is 0 Å². The highest BCUT2D eigenvalue weighted by molar-refractivity contribution is 7.09. The first-order valence-electron chi connectivity index (χ1n) is 3.74. The van der Waals surface area contributed by atoms with Crippen molar-refractivity contribution in [3.05, 3.63) is 16.6 Å². The predicted octanol–water partition coefficient (Wildman–Crippen LogP) is 2.05. The minimum atomic E-state index is 0.693. The van der Waals surface area contributed by atoms with Crippen LogP contribution in [0.2, 0.25) is 0 Å². The highest BCUT2D eigenvalue weighted by atomic mass is 32.1. The molecule has 1 rings (SSSR count). The average Bonchev–Trinajstić information content (AvgIpc) is 2.50. The van der Waals surface area contributed by atoms with Crippen molar-refractivity contribution in [1.29, 1.82) is 0 Å². The van der Waals surface area contributed by atoms with Crippen molar-refractivity contribution in [1.82, 2.24) is 4.98 Å². The molecule has 0 aliphatic rings. The van der Waals surface area contributed by atoms with Gasteiger partial charge in [-0.1, -0.05) is 0 Å². The lowest BCUT2D eigenvalue weighted by Crippen LogP contribution is -1.81. The number of nitrogens with zero attached hydrogens (tertiary/aromatic N) is 1. The summed E-state index contributed by atoms with van der Waals surface area (Å²) >= 11 is 1.68. The summed E-state index contributed by atoms with van der Waals surface area (Å²) in [6, 6.07) is 0. The first kappa shape index (κ1) is 8.40. The molecule has 0 saturated heterocycles. The van der Waals surface area contributed by atoms with E-state index in [0.29, 0.717) is 6.42 Å². The quantitative estimate of drug-likeness (QED) is 0.499. The van der Waals surface area contributed by atoms with E-state index in [1.165, 1.54) is 4.88 Å². The lowest BCUT2D eigenvalue weighted by Gasteiger charge is -1.92. The highest BCUT2D eigenvalue weighted by Crippen LogP contribution is 2.09. The van der Waals surface area contributed by atoms with Crippen LogP contribution in [0.5, 0.6) is 0 Å². The molecule has 0 saturated carbocycles. The second-order valence-corrected chi connectivity index (χ2v) is 3.35. The summed E-state index contributed by atoms with van der Waals surface area (Å²) in [5.74, 6) is 0. The maximum Gasteiger partial charge on any atom is 0.119 e. The van der Waals surface area contributed by atoms with Gasteiger partial charge in [0.25, 0.3) is 0 Å². The fourth-order valence-corrected chi connectivity index (χ4v) is 1.53. The molecular formula is C8H11NOS. The zero-order chi connectivity index (χ0) is 7.94. The monoisotopic (exact) mass is 169 g/mol. The van der Waals surface area contributed by atoms with Crippen LogP contribution in [0.1, 0.15) is 24.1 Å². The molecular weight excluding hydrogens is 158 g/mol. The molecule has 0 atom stereocenters. The van der Waals surface area contributed by atoms with Gasteiger partial charge in [0, 0.05) is 17.5 Å². The van der Waals surface area contributed by atoms with E-state index in [4.69, 9.17) is 0 Å². The van der Waals surface area contributed by atoms with Crippen molar-refractivity contribution < 1.29 is 4.79 Å². The van der Waals surface area contributed by atoms with Crippen LogP contribution < -0.4 is 0 Å². The van der Waals surface area contributed by atoms with Gasteiger partial charge in [-0.05, 0) is 19.3 Å². The van der Waals surface area contributed by atoms with Crippen molar-refractivity contribution in [2.75, 3.05) is 0 Å². The van der Waals surface area contributed by atoms with Gasteiger partial charge >= 0.3 is 0 Å². The van der Waals surface area contributed by atoms with Crippen molar-refractivity contribution in [2.45, 2.75) is 25.7 Å². The molecule has 2 nitrogen and oxygen atoms in total. The number of aromatic nitrogens is 1. The summed E-state index contributed by atoms with van der Waals surface area (Å²) < 4.78 is 0. The van der Waals surface area contributed by atoms with Gasteiger partial charge in [0.1, 0.15) is 6.29 Å². The summed E-state index contributed by atoms with van der Waals surface area (Å²) in [5.41, 5.74) is 1.84. The van der Waals surface area contributed by atoms with Crippen LogP contribution in [-0.2, 0) is 11.2 Å². The van der Waals surface area contributed by atoms with Gasteiger partial charge in [-0.3, -0.25) is 4.98 Å². The number of carbonyl (C=O) groups is 1. The van der Waals surface area contributed by atoms with Crippen LogP contribution in [0, 0.1) is 0 Å². The van der Waals surface area contributed by atoms with Crippen LogP contribution in [-0.4, -0.2) is 11.3 Å². The van der Waals surface area contributed by atoms with Gasteiger partial charge in [0.2, 0.25) is 0 Å². The molecule has 0 fully saturated rings. The number of hydrogen-bond donors (Lipinski definition) is 0. The Labute approximate surface area is 70.3 Å². The van der Waals surface area contributed by atoms with Crippen LogP contribution in [0.4, 0.5) is 0 Å². The minimum Gasteiger partial charge on any atom is -0.303 e. The summed E-state index contributed by atoms with van der Waals surface area (Å²) in [6.45, 7) is 0. The standard InChI is InChI=1S/C8H11NOS/c10-5-3-1-2-4-8-6-9-7-11-8/h5-7H,1-4H2. The normalized spacial score (nSPS) is 9.82. The smallest absolute Gasteiger partial charge is 0.119 e. The zero-order valence-electron chi connectivity index (χ0n) is 6.32. The largest absolute Gasteiger partial charge is 0.303 e. The van der Waals surface area contributed by atoms with Crippen molar-refractivity contribution in [2.24, 2.45) is 0 Å². The molecule has 1 heterocycles. The fraction of sp³-hybridized carbons (Fsp3) is 0.500. The van der Waals surface area contributed by atoms with E-state index in [9.17, 15) is 4.79 Å². The second-order valence-electron chi connectivity index (χ2n) is 2.38. The van der Waals surface area contributed by atoms with E-state index in [0.717, 1.165) is 25.5 Å².